The van der Waals surface area contributed by atoms with Crippen LogP contribution in [0.4, 0.5) is 13.2 Å². The molecular formula is C20H30F3N3O4. The minimum absolute atomic E-state index is 0.145. The molecule has 0 bridgehead atoms. The molecular weight excluding hydrogens is 403 g/mol. The van der Waals surface area contributed by atoms with E-state index in [2.05, 4.69) is 33.1 Å². The van der Waals surface area contributed by atoms with E-state index in [4.69, 9.17) is 14.6 Å². The topological polar surface area (TPSA) is 83.8 Å². The van der Waals surface area contributed by atoms with E-state index in [1.165, 1.54) is 31.5 Å². The Hall–Kier alpha value is -2.07. The van der Waals surface area contributed by atoms with Gasteiger partial charge in [0.15, 0.2) is 0 Å². The number of ether oxygens (including phenoxy) is 1. The number of carboxylic acid groups (broad SMARTS) is 1. The number of hydrogen-bond acceptors (Lipinski definition) is 4. The number of halogens is 3. The van der Waals surface area contributed by atoms with E-state index < -0.39 is 12.1 Å². The molecule has 1 amide bonds. The summed E-state index contributed by atoms with van der Waals surface area (Å²) in [5, 5.41) is 10.1. The molecule has 1 aromatic heterocycles. The molecule has 1 atom stereocenters. The Kier molecular flexibility index (Phi) is 9.16. The van der Waals surface area contributed by atoms with Crippen LogP contribution in [0.15, 0.2) is 18.3 Å². The summed E-state index contributed by atoms with van der Waals surface area (Å²) < 4.78 is 39.1. The lowest BCUT2D eigenvalue weighted by atomic mass is 9.85. The summed E-state index contributed by atoms with van der Waals surface area (Å²) in [5.74, 6) is -1.36. The van der Waals surface area contributed by atoms with Crippen molar-refractivity contribution in [1.82, 2.24) is 14.8 Å². The minimum Gasteiger partial charge on any atom is -0.475 e. The first-order chi connectivity index (χ1) is 14.2. The zero-order chi connectivity index (χ0) is 22.1. The molecule has 0 saturated heterocycles. The molecule has 0 aromatic carbocycles. The number of amides is 1. The Balaban J connectivity index is 0.000000396. The van der Waals surface area contributed by atoms with Gasteiger partial charge >= 0.3 is 12.1 Å². The predicted molar refractivity (Wildman–Crippen MR) is 104 cm³/mol. The average Bonchev–Trinajstić information content (AvgIpc) is 2.97. The number of aromatic nitrogens is 1. The molecule has 1 aromatic rings. The van der Waals surface area contributed by atoms with E-state index in [-0.39, 0.29) is 5.91 Å². The van der Waals surface area contributed by atoms with Crippen molar-refractivity contribution in [3.8, 4) is 0 Å². The van der Waals surface area contributed by atoms with Gasteiger partial charge in [0.25, 0.3) is 0 Å². The zero-order valence-corrected chi connectivity index (χ0v) is 17.2. The molecule has 7 nitrogen and oxygen atoms in total. The third kappa shape index (κ3) is 7.98. The summed E-state index contributed by atoms with van der Waals surface area (Å²) in [7, 11) is 1.66. The highest BCUT2D eigenvalue weighted by atomic mass is 19.4. The van der Waals surface area contributed by atoms with Gasteiger partial charge in [-0.05, 0) is 36.8 Å². The van der Waals surface area contributed by atoms with Crippen molar-refractivity contribution in [2.45, 2.75) is 44.9 Å². The number of rotatable bonds is 7. The van der Waals surface area contributed by atoms with Gasteiger partial charge in [0.2, 0.25) is 5.91 Å². The van der Waals surface area contributed by atoms with Gasteiger partial charge in [0.05, 0.1) is 6.61 Å². The molecule has 10 heteroatoms. The number of carbonyl (C=O) groups excluding carboxylic acids is 1. The van der Waals surface area contributed by atoms with Crippen molar-refractivity contribution in [1.29, 1.82) is 0 Å². The van der Waals surface area contributed by atoms with Gasteiger partial charge in [-0.1, -0.05) is 6.42 Å². The Morgan fingerprint density at radius 1 is 1.27 bits per heavy atom. The van der Waals surface area contributed by atoms with Crippen LogP contribution < -0.4 is 5.32 Å². The highest BCUT2D eigenvalue weighted by Crippen LogP contribution is 2.29. The van der Waals surface area contributed by atoms with Crippen LogP contribution in [0.2, 0.25) is 0 Å². The van der Waals surface area contributed by atoms with Crippen molar-refractivity contribution >= 4 is 11.9 Å². The summed E-state index contributed by atoms with van der Waals surface area (Å²) in [6, 6.07) is 4.34. The second-order valence-electron chi connectivity index (χ2n) is 7.86. The van der Waals surface area contributed by atoms with Gasteiger partial charge in [0.1, 0.15) is 0 Å². The Morgan fingerprint density at radius 3 is 2.53 bits per heavy atom. The first-order valence-corrected chi connectivity index (χ1v) is 10.1. The van der Waals surface area contributed by atoms with E-state index >= 15 is 0 Å². The maximum absolute atomic E-state index is 12.2. The van der Waals surface area contributed by atoms with Gasteiger partial charge in [-0.3, -0.25) is 9.69 Å². The maximum atomic E-state index is 12.2. The molecule has 1 unspecified atom stereocenters. The van der Waals surface area contributed by atoms with Crippen molar-refractivity contribution < 1.29 is 32.6 Å². The van der Waals surface area contributed by atoms with Gasteiger partial charge < -0.3 is 19.7 Å². The number of carboxylic acids is 1. The molecule has 1 fully saturated rings. The summed E-state index contributed by atoms with van der Waals surface area (Å²) in [4.78, 5) is 23.6. The molecule has 2 aliphatic rings. The van der Waals surface area contributed by atoms with Gasteiger partial charge in [-0.2, -0.15) is 13.2 Å². The van der Waals surface area contributed by atoms with E-state index in [0.717, 1.165) is 25.6 Å². The molecule has 1 aliphatic heterocycles. The van der Waals surface area contributed by atoms with Crippen LogP contribution in [0.3, 0.4) is 0 Å². The fourth-order valence-electron chi connectivity index (χ4n) is 3.70. The second-order valence-corrected chi connectivity index (χ2v) is 7.86. The average molecular weight is 433 g/mol. The van der Waals surface area contributed by atoms with Crippen LogP contribution in [-0.4, -0.2) is 66.0 Å². The number of nitrogens with one attached hydrogen (secondary N) is 1. The second kappa shape index (κ2) is 11.4. The highest BCUT2D eigenvalue weighted by molar-refractivity contribution is 5.76. The third-order valence-corrected chi connectivity index (χ3v) is 5.37. The molecule has 1 saturated carbocycles. The molecule has 0 radical (unpaired) electrons. The van der Waals surface area contributed by atoms with E-state index in [9.17, 15) is 18.0 Å². The Morgan fingerprint density at radius 2 is 1.97 bits per heavy atom. The monoisotopic (exact) mass is 433 g/mol. The molecule has 3 rings (SSSR count). The Bertz CT molecular complexity index is 689. The van der Waals surface area contributed by atoms with Crippen LogP contribution in [0, 0.1) is 11.8 Å². The number of methoxy groups -OCH3 is 1. The fraction of sp³-hybridized carbons (Fsp3) is 0.700. The number of carbonyl (C=O) groups is 2. The molecule has 170 valence electrons. The van der Waals surface area contributed by atoms with Crippen molar-refractivity contribution in [2.75, 3.05) is 33.4 Å². The summed E-state index contributed by atoms with van der Waals surface area (Å²) in [6.07, 6.45) is 1.81. The lowest BCUT2D eigenvalue weighted by molar-refractivity contribution is -0.192. The number of aliphatic carboxylic acids is 1. The number of fused-ring (bicyclic) bond motifs is 1. The van der Waals surface area contributed by atoms with Crippen LogP contribution in [0.5, 0.6) is 0 Å². The SMILES string of the molecule is COCCNC(=O)CC1CN(CC2CCC2)Cc2cccn2C1.O=C(O)C(F)(F)F. The first kappa shape index (κ1) is 24.2. The molecule has 1 aliphatic carbocycles. The number of alkyl halides is 3. The van der Waals surface area contributed by atoms with Crippen LogP contribution in [-0.2, 0) is 27.4 Å². The number of nitrogens with zero attached hydrogens (tertiary/aromatic N) is 2. The van der Waals surface area contributed by atoms with Gasteiger partial charge in [-0.15, -0.1) is 0 Å². The summed E-state index contributed by atoms with van der Waals surface area (Å²) >= 11 is 0. The zero-order valence-electron chi connectivity index (χ0n) is 17.2. The van der Waals surface area contributed by atoms with Gasteiger partial charge in [0, 0.05) is 58.1 Å². The van der Waals surface area contributed by atoms with Gasteiger partial charge in [-0.25, -0.2) is 4.79 Å². The van der Waals surface area contributed by atoms with E-state index in [0.29, 0.717) is 25.5 Å². The van der Waals surface area contributed by atoms with E-state index in [1.807, 2.05) is 0 Å². The Labute approximate surface area is 174 Å². The quantitative estimate of drug-likeness (QED) is 0.646. The molecule has 30 heavy (non-hydrogen) atoms. The van der Waals surface area contributed by atoms with Crippen molar-refractivity contribution in [3.63, 3.8) is 0 Å². The normalized spacial score (nSPS) is 19.7. The van der Waals surface area contributed by atoms with Crippen molar-refractivity contribution in [2.24, 2.45) is 11.8 Å². The maximum Gasteiger partial charge on any atom is 0.490 e. The standard InChI is InChI=1S/C18H29N3O2.C2HF3O2/c1-23-9-7-19-18(22)10-16-12-20(11-15-4-2-5-15)14-17-6-3-8-21(17)13-16;3-2(4,5)1(6)7/h3,6,8,15-16H,2,4-5,7,9-14H2,1H3,(H,19,22);(H,6,7). The van der Waals surface area contributed by atoms with Crippen LogP contribution in [0.25, 0.3) is 0 Å². The molecule has 2 N–H and O–H groups in total. The molecule has 2 heterocycles. The molecule has 0 spiro atoms. The largest absolute Gasteiger partial charge is 0.490 e. The third-order valence-electron chi connectivity index (χ3n) is 5.37. The lowest BCUT2D eigenvalue weighted by Gasteiger charge is -2.32. The van der Waals surface area contributed by atoms with Crippen LogP contribution in [0.1, 0.15) is 31.4 Å². The summed E-state index contributed by atoms with van der Waals surface area (Å²) in [5.41, 5.74) is 1.38. The summed E-state index contributed by atoms with van der Waals surface area (Å²) in [6.45, 7) is 5.35. The van der Waals surface area contributed by atoms with Crippen LogP contribution >= 0.6 is 0 Å². The number of hydrogen-bond donors (Lipinski definition) is 2. The minimum atomic E-state index is -5.08. The van der Waals surface area contributed by atoms with E-state index in [1.54, 1.807) is 7.11 Å². The predicted octanol–water partition coefficient (Wildman–Crippen LogP) is 2.51. The first-order valence-electron chi connectivity index (χ1n) is 10.1. The fourth-order valence-corrected chi connectivity index (χ4v) is 3.70. The lowest BCUT2D eigenvalue weighted by Crippen LogP contribution is -2.37. The van der Waals surface area contributed by atoms with Crippen molar-refractivity contribution in [3.05, 3.63) is 24.0 Å². The highest BCUT2D eigenvalue weighted by Gasteiger charge is 2.38. The smallest absolute Gasteiger partial charge is 0.475 e.